The third-order valence-corrected chi connectivity index (χ3v) is 13.2. The molecule has 0 radical (unpaired) electrons. The molecule has 1 aliphatic heterocycles. The molecule has 0 saturated carbocycles. The van der Waals surface area contributed by atoms with E-state index in [4.69, 9.17) is 9.16 Å². The number of rotatable bonds is 9. The summed E-state index contributed by atoms with van der Waals surface area (Å²) in [5, 5.41) is 28.4. The van der Waals surface area contributed by atoms with Crippen LogP contribution in [0.4, 0.5) is 5.69 Å². The Morgan fingerprint density at radius 2 is 1.56 bits per heavy atom. The van der Waals surface area contributed by atoms with Gasteiger partial charge in [-0.2, -0.15) is 15.8 Å². The van der Waals surface area contributed by atoms with Crippen molar-refractivity contribution >= 4 is 43.6 Å². The maximum absolute atomic E-state index is 9.71. The summed E-state index contributed by atoms with van der Waals surface area (Å²) >= 11 is 1.63. The van der Waals surface area contributed by atoms with E-state index in [1.54, 1.807) is 11.3 Å². The van der Waals surface area contributed by atoms with Crippen LogP contribution in [0.25, 0.3) is 18.2 Å². The van der Waals surface area contributed by atoms with E-state index in [1.807, 2.05) is 44.2 Å². The van der Waals surface area contributed by atoms with Gasteiger partial charge in [0.15, 0.2) is 19.6 Å². The van der Waals surface area contributed by atoms with Crippen molar-refractivity contribution in [1.82, 2.24) is 0 Å². The molecule has 0 aliphatic carbocycles. The third kappa shape index (κ3) is 7.66. The number of benzene rings is 1. The summed E-state index contributed by atoms with van der Waals surface area (Å²) in [5.41, 5.74) is 2.11. The van der Waals surface area contributed by atoms with E-state index < -0.39 is 13.9 Å². The highest BCUT2D eigenvalue weighted by Crippen LogP contribution is 2.40. The number of hydrogen-bond donors (Lipinski definition) is 0. The van der Waals surface area contributed by atoms with Gasteiger partial charge in [0.2, 0.25) is 0 Å². The van der Waals surface area contributed by atoms with Crippen molar-refractivity contribution in [3.63, 3.8) is 0 Å². The Balaban J connectivity index is 1.65. The number of anilines is 1. The van der Waals surface area contributed by atoms with Gasteiger partial charge in [-0.15, -0.1) is 11.3 Å². The first-order valence-electron chi connectivity index (χ1n) is 13.5. The smallest absolute Gasteiger partial charge is 0.192 e. The van der Waals surface area contributed by atoms with Crippen molar-refractivity contribution in [3.8, 4) is 18.2 Å². The van der Waals surface area contributed by atoms with Crippen molar-refractivity contribution in [2.75, 3.05) is 25.1 Å². The number of allylic oxidation sites excluding steroid dienone is 2. The van der Waals surface area contributed by atoms with E-state index in [0.717, 1.165) is 34.2 Å². The molecule has 1 aromatic heterocycles. The molecule has 0 N–H and O–H groups in total. The van der Waals surface area contributed by atoms with Crippen LogP contribution in [0.3, 0.4) is 0 Å². The van der Waals surface area contributed by atoms with Gasteiger partial charge in [-0.3, -0.25) is 0 Å². The standard InChI is InChI=1S/C33H38N4O2SSi/c1-32(2,3)41(7,8)38-20-19-37(6)26-12-9-24(10-13-26)11-14-27-15-16-28(40-27)17-18-30-29(23-36)31(25(21-34)22-35)39-33(30,4)5/h9-18H,19-20H2,1-8H3. The van der Waals surface area contributed by atoms with Crippen LogP contribution in [0.1, 0.15) is 49.9 Å². The lowest BCUT2D eigenvalue weighted by atomic mass is 9.94. The van der Waals surface area contributed by atoms with Crippen LogP contribution < -0.4 is 4.90 Å². The van der Waals surface area contributed by atoms with Crippen LogP contribution in [-0.4, -0.2) is 34.1 Å². The van der Waals surface area contributed by atoms with Gasteiger partial charge in [-0.05, 0) is 74.0 Å². The average Bonchev–Trinajstić information content (AvgIpc) is 3.47. The predicted molar refractivity (Wildman–Crippen MR) is 171 cm³/mol. The molecule has 2 aromatic rings. The fourth-order valence-corrected chi connectivity index (χ4v) is 5.85. The molecule has 212 valence electrons. The quantitative estimate of drug-likeness (QED) is 0.218. The van der Waals surface area contributed by atoms with E-state index in [0.29, 0.717) is 5.57 Å². The Labute approximate surface area is 249 Å². The maximum atomic E-state index is 9.71. The second-order valence-corrected chi connectivity index (χ2v) is 17.9. The lowest BCUT2D eigenvalue weighted by Gasteiger charge is -2.36. The summed E-state index contributed by atoms with van der Waals surface area (Å²) < 4.78 is 12.2. The van der Waals surface area contributed by atoms with Crippen LogP contribution in [0.5, 0.6) is 0 Å². The maximum Gasteiger partial charge on any atom is 0.192 e. The zero-order valence-corrected chi connectivity index (χ0v) is 27.0. The van der Waals surface area contributed by atoms with Crippen LogP contribution >= 0.6 is 11.3 Å². The Bertz CT molecular complexity index is 1500. The van der Waals surface area contributed by atoms with Crippen molar-refractivity contribution < 1.29 is 9.16 Å². The molecule has 3 rings (SSSR count). The van der Waals surface area contributed by atoms with Gasteiger partial charge < -0.3 is 14.1 Å². The van der Waals surface area contributed by atoms with Gasteiger partial charge in [0.25, 0.3) is 0 Å². The lowest BCUT2D eigenvalue weighted by molar-refractivity contribution is 0.0954. The lowest BCUT2D eigenvalue weighted by Crippen LogP contribution is -2.42. The van der Waals surface area contributed by atoms with E-state index in [9.17, 15) is 15.8 Å². The van der Waals surface area contributed by atoms with E-state index in [2.05, 4.69) is 94.4 Å². The van der Waals surface area contributed by atoms with Crippen LogP contribution in [0.2, 0.25) is 18.1 Å². The van der Waals surface area contributed by atoms with Gasteiger partial charge in [-0.25, -0.2) is 0 Å². The summed E-state index contributed by atoms with van der Waals surface area (Å²) in [5.74, 6) is 0.0497. The number of thiophene rings is 1. The van der Waals surface area contributed by atoms with E-state index >= 15 is 0 Å². The minimum Gasteiger partial charge on any atom is -0.480 e. The summed E-state index contributed by atoms with van der Waals surface area (Å²) in [4.78, 5) is 4.34. The van der Waals surface area contributed by atoms with E-state index in [1.165, 1.54) is 0 Å². The van der Waals surface area contributed by atoms with Crippen molar-refractivity contribution in [2.24, 2.45) is 0 Å². The average molecular weight is 583 g/mol. The van der Waals surface area contributed by atoms with Crippen molar-refractivity contribution in [2.45, 2.75) is 58.4 Å². The molecule has 1 aromatic carbocycles. The zero-order chi connectivity index (χ0) is 30.4. The van der Waals surface area contributed by atoms with Gasteiger partial charge in [0, 0.05) is 34.6 Å². The zero-order valence-electron chi connectivity index (χ0n) is 25.2. The Hall–Kier alpha value is -3.87. The van der Waals surface area contributed by atoms with E-state index in [-0.39, 0.29) is 21.9 Å². The molecule has 0 atom stereocenters. The third-order valence-electron chi connectivity index (χ3n) is 7.60. The molecule has 0 amide bonds. The Morgan fingerprint density at radius 3 is 2.10 bits per heavy atom. The fourth-order valence-electron chi connectivity index (χ4n) is 4.00. The molecule has 41 heavy (non-hydrogen) atoms. The van der Waals surface area contributed by atoms with Gasteiger partial charge in [0.1, 0.15) is 29.4 Å². The molecule has 0 saturated heterocycles. The molecule has 0 spiro atoms. The van der Waals surface area contributed by atoms with Crippen LogP contribution in [0.15, 0.2) is 65.0 Å². The van der Waals surface area contributed by atoms with Crippen LogP contribution in [-0.2, 0) is 9.16 Å². The first kappa shape index (κ1) is 31.7. The normalized spacial score (nSPS) is 15.1. The number of nitrogens with zero attached hydrogens (tertiary/aromatic N) is 4. The van der Waals surface area contributed by atoms with Crippen molar-refractivity contribution in [3.05, 3.63) is 80.3 Å². The summed E-state index contributed by atoms with van der Waals surface area (Å²) in [6, 6.07) is 18.3. The highest BCUT2D eigenvalue weighted by molar-refractivity contribution is 7.13. The monoisotopic (exact) mass is 582 g/mol. The highest BCUT2D eigenvalue weighted by Gasteiger charge is 2.39. The topological polar surface area (TPSA) is 93.1 Å². The largest absolute Gasteiger partial charge is 0.480 e. The molecular formula is C33H38N4O2SSi. The van der Waals surface area contributed by atoms with Gasteiger partial charge in [-0.1, -0.05) is 45.1 Å². The van der Waals surface area contributed by atoms with Crippen LogP contribution in [0, 0.1) is 34.0 Å². The second-order valence-electron chi connectivity index (χ2n) is 12.0. The molecule has 0 fully saturated rings. The molecule has 1 aliphatic rings. The SMILES string of the molecule is CN(CCO[Si](C)(C)C(C)(C)C)c1ccc(C=Cc2ccc(C=CC3=C(C#N)C(=C(C#N)C#N)OC3(C)C)s2)cc1. The summed E-state index contributed by atoms with van der Waals surface area (Å²) in [6.45, 7) is 16.6. The summed E-state index contributed by atoms with van der Waals surface area (Å²) in [6.07, 6.45) is 7.95. The molecule has 0 bridgehead atoms. The molecular weight excluding hydrogens is 545 g/mol. The predicted octanol–water partition coefficient (Wildman–Crippen LogP) is 8.32. The second kappa shape index (κ2) is 12.8. The molecule has 0 unspecified atom stereocenters. The number of likely N-dealkylation sites (N-methyl/N-ethyl adjacent to an activating group) is 1. The minimum absolute atomic E-state index is 0.0497. The van der Waals surface area contributed by atoms with Gasteiger partial charge >= 0.3 is 0 Å². The Morgan fingerprint density at radius 1 is 0.976 bits per heavy atom. The Kier molecular flexibility index (Phi) is 9.84. The number of hydrogen-bond acceptors (Lipinski definition) is 7. The number of nitriles is 3. The van der Waals surface area contributed by atoms with Crippen molar-refractivity contribution in [1.29, 1.82) is 15.8 Å². The first-order valence-corrected chi connectivity index (χ1v) is 17.2. The molecule has 8 heteroatoms. The number of ether oxygens (including phenoxy) is 1. The fraction of sp³-hybridized carbons (Fsp3) is 0.364. The summed E-state index contributed by atoms with van der Waals surface area (Å²) in [7, 11) is 0.356. The minimum atomic E-state index is -1.74. The molecule has 6 nitrogen and oxygen atoms in total. The first-order chi connectivity index (χ1) is 19.2. The highest BCUT2D eigenvalue weighted by atomic mass is 32.1. The van der Waals surface area contributed by atoms with Gasteiger partial charge in [0.05, 0.1) is 6.61 Å². The molecule has 2 heterocycles.